The Hall–Kier alpha value is -1.72. The molecule has 108 valence electrons. The summed E-state index contributed by atoms with van der Waals surface area (Å²) < 4.78 is 32.7. The van der Waals surface area contributed by atoms with E-state index >= 15 is 0 Å². The van der Waals surface area contributed by atoms with E-state index in [0.717, 1.165) is 6.42 Å². The molecule has 1 aromatic carbocycles. The van der Waals surface area contributed by atoms with Crippen LogP contribution in [-0.2, 0) is 6.54 Å². The molecule has 3 nitrogen and oxygen atoms in total. The predicted molar refractivity (Wildman–Crippen MR) is 72.1 cm³/mol. The minimum Gasteiger partial charge on any atom is -0.460 e. The first-order chi connectivity index (χ1) is 9.65. The summed E-state index contributed by atoms with van der Waals surface area (Å²) in [4.78, 5) is 0. The second kappa shape index (κ2) is 6.63. The van der Waals surface area contributed by atoms with Gasteiger partial charge in [0.2, 0.25) is 0 Å². The minimum absolute atomic E-state index is 0.0197. The highest BCUT2D eigenvalue weighted by atomic mass is 19.1. The van der Waals surface area contributed by atoms with E-state index in [9.17, 15) is 8.78 Å². The number of furan rings is 1. The first kappa shape index (κ1) is 14.7. The molecule has 2 N–H and O–H groups in total. The summed E-state index contributed by atoms with van der Waals surface area (Å²) in [5.41, 5.74) is -0.159. The van der Waals surface area contributed by atoms with Crippen molar-refractivity contribution in [3.8, 4) is 11.3 Å². The van der Waals surface area contributed by atoms with Crippen LogP contribution in [0, 0.1) is 11.6 Å². The number of nitrogens with one attached hydrogen (secondary N) is 1. The van der Waals surface area contributed by atoms with Gasteiger partial charge < -0.3 is 14.8 Å². The van der Waals surface area contributed by atoms with E-state index in [-0.39, 0.29) is 24.0 Å². The fourth-order valence-corrected chi connectivity index (χ4v) is 1.92. The van der Waals surface area contributed by atoms with Crippen LogP contribution < -0.4 is 5.32 Å². The normalized spacial score (nSPS) is 12.6. The summed E-state index contributed by atoms with van der Waals surface area (Å²) in [5, 5.41) is 12.2. The quantitative estimate of drug-likeness (QED) is 0.855. The van der Waals surface area contributed by atoms with Gasteiger partial charge in [0.25, 0.3) is 0 Å². The molecule has 0 saturated carbocycles. The Morgan fingerprint density at radius 3 is 2.50 bits per heavy atom. The monoisotopic (exact) mass is 281 g/mol. The van der Waals surface area contributed by atoms with Crippen molar-refractivity contribution in [2.45, 2.75) is 25.9 Å². The van der Waals surface area contributed by atoms with Gasteiger partial charge in [0.15, 0.2) is 0 Å². The molecule has 0 fully saturated rings. The number of halogens is 2. The fourth-order valence-electron chi connectivity index (χ4n) is 1.92. The Labute approximate surface area is 116 Å². The summed E-state index contributed by atoms with van der Waals surface area (Å²) in [5.74, 6) is -0.578. The van der Waals surface area contributed by atoms with Crippen LogP contribution >= 0.6 is 0 Å². The average molecular weight is 281 g/mol. The number of aliphatic hydroxyl groups excluding tert-OH is 1. The van der Waals surface area contributed by atoms with Crippen LogP contribution in [0.3, 0.4) is 0 Å². The van der Waals surface area contributed by atoms with Crippen LogP contribution in [0.15, 0.2) is 34.7 Å². The first-order valence-electron chi connectivity index (χ1n) is 6.53. The van der Waals surface area contributed by atoms with Crippen LogP contribution in [0.1, 0.15) is 19.1 Å². The van der Waals surface area contributed by atoms with E-state index in [4.69, 9.17) is 9.52 Å². The van der Waals surface area contributed by atoms with E-state index < -0.39 is 11.6 Å². The van der Waals surface area contributed by atoms with Crippen LogP contribution in [0.2, 0.25) is 0 Å². The van der Waals surface area contributed by atoms with Crippen molar-refractivity contribution < 1.29 is 18.3 Å². The third-order valence-electron chi connectivity index (χ3n) is 3.15. The molecular weight excluding hydrogens is 264 g/mol. The molecule has 2 rings (SSSR count). The van der Waals surface area contributed by atoms with Crippen molar-refractivity contribution in [3.05, 3.63) is 47.7 Å². The Kier molecular flexibility index (Phi) is 4.87. The Morgan fingerprint density at radius 2 is 1.90 bits per heavy atom. The lowest BCUT2D eigenvalue weighted by Crippen LogP contribution is -2.30. The van der Waals surface area contributed by atoms with Gasteiger partial charge in [-0.15, -0.1) is 0 Å². The molecule has 1 aromatic heterocycles. The summed E-state index contributed by atoms with van der Waals surface area (Å²) in [6, 6.07) is 6.88. The molecule has 0 spiro atoms. The first-order valence-corrected chi connectivity index (χ1v) is 6.53. The molecule has 0 saturated heterocycles. The molecule has 0 bridgehead atoms. The molecule has 2 aromatic rings. The molecule has 20 heavy (non-hydrogen) atoms. The van der Waals surface area contributed by atoms with Gasteiger partial charge in [0, 0.05) is 6.04 Å². The van der Waals surface area contributed by atoms with E-state index in [1.54, 1.807) is 12.1 Å². The molecule has 0 radical (unpaired) electrons. The maximum absolute atomic E-state index is 13.6. The zero-order valence-electron chi connectivity index (χ0n) is 11.2. The SMILES string of the molecule is CCC(CO)NCc1ccc(-c2c(F)cccc2F)o1. The largest absolute Gasteiger partial charge is 0.460 e. The molecule has 0 amide bonds. The van der Waals surface area contributed by atoms with Crippen LogP contribution in [0.25, 0.3) is 11.3 Å². The highest BCUT2D eigenvalue weighted by molar-refractivity contribution is 5.59. The number of hydrogen-bond donors (Lipinski definition) is 2. The van der Waals surface area contributed by atoms with E-state index in [1.165, 1.54) is 18.2 Å². The van der Waals surface area contributed by atoms with Gasteiger partial charge in [-0.1, -0.05) is 13.0 Å². The van der Waals surface area contributed by atoms with Crippen LogP contribution in [0.5, 0.6) is 0 Å². The van der Waals surface area contributed by atoms with Gasteiger partial charge in [-0.25, -0.2) is 8.78 Å². The molecule has 5 heteroatoms. The minimum atomic E-state index is -0.652. The summed E-state index contributed by atoms with van der Waals surface area (Å²) in [6.45, 7) is 2.39. The van der Waals surface area contributed by atoms with Crippen molar-refractivity contribution in [3.63, 3.8) is 0 Å². The molecule has 1 unspecified atom stereocenters. The number of aliphatic hydroxyl groups is 1. The fraction of sp³-hybridized carbons (Fsp3) is 0.333. The zero-order valence-corrected chi connectivity index (χ0v) is 11.2. The van der Waals surface area contributed by atoms with Crippen molar-refractivity contribution in [2.75, 3.05) is 6.61 Å². The maximum Gasteiger partial charge on any atom is 0.140 e. The van der Waals surface area contributed by atoms with E-state index in [0.29, 0.717) is 12.3 Å². The van der Waals surface area contributed by atoms with Gasteiger partial charge in [-0.05, 0) is 30.7 Å². The third-order valence-corrected chi connectivity index (χ3v) is 3.15. The van der Waals surface area contributed by atoms with Crippen molar-refractivity contribution in [2.24, 2.45) is 0 Å². The standard InChI is InChI=1S/C15H17F2NO2/c1-2-10(9-19)18-8-11-6-7-14(20-11)15-12(16)4-3-5-13(15)17/h3-7,10,18-19H,2,8-9H2,1H3. The molecule has 0 aliphatic carbocycles. The summed E-state index contributed by atoms with van der Waals surface area (Å²) >= 11 is 0. The second-order valence-electron chi connectivity index (χ2n) is 4.53. The lowest BCUT2D eigenvalue weighted by Gasteiger charge is -2.12. The number of benzene rings is 1. The lowest BCUT2D eigenvalue weighted by molar-refractivity contribution is 0.235. The van der Waals surface area contributed by atoms with Crippen LogP contribution in [-0.4, -0.2) is 17.8 Å². The van der Waals surface area contributed by atoms with Gasteiger partial charge in [0.1, 0.15) is 23.2 Å². The lowest BCUT2D eigenvalue weighted by atomic mass is 10.1. The van der Waals surface area contributed by atoms with Gasteiger partial charge in [-0.2, -0.15) is 0 Å². The third kappa shape index (κ3) is 3.23. The number of hydrogen-bond acceptors (Lipinski definition) is 3. The summed E-state index contributed by atoms with van der Waals surface area (Å²) in [7, 11) is 0. The molecular formula is C15H17F2NO2. The highest BCUT2D eigenvalue weighted by Gasteiger charge is 2.15. The number of rotatable bonds is 6. The Balaban J connectivity index is 2.13. The van der Waals surface area contributed by atoms with Crippen molar-refractivity contribution in [1.82, 2.24) is 5.32 Å². The highest BCUT2D eigenvalue weighted by Crippen LogP contribution is 2.27. The predicted octanol–water partition coefficient (Wildman–Crippen LogP) is 3.09. The second-order valence-corrected chi connectivity index (χ2v) is 4.53. The topological polar surface area (TPSA) is 45.4 Å². The molecule has 1 atom stereocenters. The maximum atomic E-state index is 13.6. The van der Waals surface area contributed by atoms with Gasteiger partial charge in [0.05, 0.1) is 18.7 Å². The van der Waals surface area contributed by atoms with E-state index in [2.05, 4.69) is 5.32 Å². The van der Waals surface area contributed by atoms with E-state index in [1.807, 2.05) is 6.92 Å². The van der Waals surface area contributed by atoms with Crippen molar-refractivity contribution in [1.29, 1.82) is 0 Å². The zero-order chi connectivity index (χ0) is 14.5. The summed E-state index contributed by atoms with van der Waals surface area (Å²) in [6.07, 6.45) is 0.784. The van der Waals surface area contributed by atoms with Gasteiger partial charge in [-0.3, -0.25) is 0 Å². The Bertz CT molecular complexity index is 545. The smallest absolute Gasteiger partial charge is 0.140 e. The van der Waals surface area contributed by atoms with Crippen LogP contribution in [0.4, 0.5) is 8.78 Å². The Morgan fingerprint density at radius 1 is 1.20 bits per heavy atom. The average Bonchev–Trinajstić information content (AvgIpc) is 2.88. The molecule has 0 aliphatic heterocycles. The molecule has 1 heterocycles. The molecule has 0 aliphatic rings. The van der Waals surface area contributed by atoms with Gasteiger partial charge >= 0.3 is 0 Å². The van der Waals surface area contributed by atoms with Crippen molar-refractivity contribution >= 4 is 0 Å².